The van der Waals surface area contributed by atoms with Gasteiger partial charge >= 0.3 is 0 Å². The highest BCUT2D eigenvalue weighted by Gasteiger charge is 2.53. The number of hydrogen-bond donors (Lipinski definition) is 2. The Balaban J connectivity index is 1.84. The van der Waals surface area contributed by atoms with E-state index in [9.17, 15) is 5.11 Å². The zero-order valence-corrected chi connectivity index (χ0v) is 15.4. The van der Waals surface area contributed by atoms with Gasteiger partial charge in [0, 0.05) is 23.2 Å². The molecular weight excluding hydrogens is 296 g/mol. The molecule has 2 N–H and O–H groups in total. The number of aromatic hydroxyl groups is 1. The molecule has 0 amide bonds. The Morgan fingerprint density at radius 2 is 2.12 bits per heavy atom. The monoisotopic (exact) mass is 326 g/mol. The average molecular weight is 326 g/mol. The topological polar surface area (TPSA) is 35.5 Å². The van der Waals surface area contributed by atoms with Crippen molar-refractivity contribution < 1.29 is 5.11 Å². The Labute approximate surface area is 146 Å². The smallest absolute Gasteiger partial charge is 0.121 e. The van der Waals surface area contributed by atoms with Crippen LogP contribution in [-0.2, 0) is 5.41 Å². The van der Waals surface area contributed by atoms with Gasteiger partial charge in [-0.3, -0.25) is 4.90 Å². The molecule has 2 aliphatic rings. The van der Waals surface area contributed by atoms with E-state index in [-0.39, 0.29) is 11.6 Å². The molecule has 0 radical (unpaired) electrons. The molecule has 130 valence electrons. The van der Waals surface area contributed by atoms with Crippen LogP contribution in [0.2, 0.25) is 0 Å². The molecule has 1 fully saturated rings. The number of allylic oxidation sites excluding steroid dienone is 4. The lowest BCUT2D eigenvalue weighted by Gasteiger charge is -2.31. The molecule has 2 aliphatic heterocycles. The standard InChI is InChI=1S/C21H30N2O/c1-15(2)7-5-8-16(3)11-12-21-13-14-23(4)20(21)22-17-9-6-10-18(24)19(17)21/h6-7,9-11,20,22,24H,5,8,12-14H2,1-4H3/b16-11+/t20-,21-/m0/s1. The van der Waals surface area contributed by atoms with Crippen LogP contribution in [0.1, 0.15) is 52.0 Å². The Kier molecular flexibility index (Phi) is 4.73. The summed E-state index contributed by atoms with van der Waals surface area (Å²) >= 11 is 0. The van der Waals surface area contributed by atoms with Crippen molar-refractivity contribution in [3.05, 3.63) is 47.1 Å². The van der Waals surface area contributed by atoms with Crippen LogP contribution in [0.4, 0.5) is 5.69 Å². The largest absolute Gasteiger partial charge is 0.508 e. The summed E-state index contributed by atoms with van der Waals surface area (Å²) in [5.74, 6) is 0.438. The van der Waals surface area contributed by atoms with Gasteiger partial charge in [-0.1, -0.05) is 29.4 Å². The minimum absolute atomic E-state index is 0.00675. The molecule has 1 aromatic rings. The summed E-state index contributed by atoms with van der Waals surface area (Å²) in [5, 5.41) is 14.1. The molecular formula is C21H30N2O. The van der Waals surface area contributed by atoms with Crippen molar-refractivity contribution in [3.63, 3.8) is 0 Å². The zero-order chi connectivity index (χ0) is 17.3. The maximum Gasteiger partial charge on any atom is 0.121 e. The fourth-order valence-electron chi connectivity index (χ4n) is 4.27. The van der Waals surface area contributed by atoms with Crippen molar-refractivity contribution in [2.75, 3.05) is 18.9 Å². The Bertz CT molecular complexity index is 672. The molecule has 0 saturated carbocycles. The summed E-state index contributed by atoms with van der Waals surface area (Å²) in [4.78, 5) is 2.38. The van der Waals surface area contributed by atoms with Crippen LogP contribution in [0.5, 0.6) is 5.75 Å². The molecule has 3 heteroatoms. The number of anilines is 1. The first-order valence-electron chi connectivity index (χ1n) is 9.02. The van der Waals surface area contributed by atoms with Crippen LogP contribution < -0.4 is 5.32 Å². The van der Waals surface area contributed by atoms with Crippen molar-refractivity contribution in [2.24, 2.45) is 0 Å². The number of phenolic OH excluding ortho intramolecular Hbond substituents is 1. The predicted octanol–water partition coefficient (Wildman–Crippen LogP) is 4.80. The van der Waals surface area contributed by atoms with Crippen molar-refractivity contribution in [2.45, 2.75) is 58.0 Å². The molecule has 3 rings (SSSR count). The first kappa shape index (κ1) is 17.1. The van der Waals surface area contributed by atoms with Crippen LogP contribution in [0.3, 0.4) is 0 Å². The lowest BCUT2D eigenvalue weighted by Crippen LogP contribution is -2.41. The first-order valence-corrected chi connectivity index (χ1v) is 9.02. The van der Waals surface area contributed by atoms with E-state index in [0.717, 1.165) is 43.5 Å². The second-order valence-corrected chi connectivity index (χ2v) is 7.71. The van der Waals surface area contributed by atoms with Crippen molar-refractivity contribution >= 4 is 5.69 Å². The first-order chi connectivity index (χ1) is 11.4. The molecule has 1 saturated heterocycles. The van der Waals surface area contributed by atoms with Gasteiger partial charge in [0.05, 0.1) is 6.17 Å². The third-order valence-electron chi connectivity index (χ3n) is 5.61. The maximum atomic E-state index is 10.5. The number of fused-ring (bicyclic) bond motifs is 3. The number of hydrogen-bond acceptors (Lipinski definition) is 3. The lowest BCUT2D eigenvalue weighted by molar-refractivity contribution is 0.282. The Morgan fingerprint density at radius 1 is 1.33 bits per heavy atom. The number of nitrogens with one attached hydrogen (secondary N) is 1. The van der Waals surface area contributed by atoms with Crippen molar-refractivity contribution in [1.29, 1.82) is 0 Å². The molecule has 2 atom stereocenters. The molecule has 0 bridgehead atoms. The average Bonchev–Trinajstić information content (AvgIpc) is 3.01. The molecule has 0 aromatic heterocycles. The van der Waals surface area contributed by atoms with Gasteiger partial charge in [0.1, 0.15) is 5.75 Å². The summed E-state index contributed by atoms with van der Waals surface area (Å²) in [6.07, 6.45) is 9.28. The van der Waals surface area contributed by atoms with Crippen LogP contribution >= 0.6 is 0 Å². The van der Waals surface area contributed by atoms with E-state index < -0.39 is 0 Å². The molecule has 24 heavy (non-hydrogen) atoms. The quantitative estimate of drug-likeness (QED) is 0.763. The van der Waals surface area contributed by atoms with E-state index in [0.29, 0.717) is 5.75 Å². The normalized spacial score (nSPS) is 26.0. The number of phenols is 1. The van der Waals surface area contributed by atoms with E-state index >= 15 is 0 Å². The van der Waals surface area contributed by atoms with E-state index in [1.807, 2.05) is 12.1 Å². The van der Waals surface area contributed by atoms with Crippen LogP contribution in [0.15, 0.2) is 41.5 Å². The van der Waals surface area contributed by atoms with Gasteiger partial charge in [-0.05, 0) is 65.6 Å². The van der Waals surface area contributed by atoms with Crippen molar-refractivity contribution in [3.8, 4) is 5.75 Å². The molecule has 1 aromatic carbocycles. The fourth-order valence-corrected chi connectivity index (χ4v) is 4.27. The predicted molar refractivity (Wildman–Crippen MR) is 101 cm³/mol. The second kappa shape index (κ2) is 6.64. The highest BCUT2D eigenvalue weighted by molar-refractivity contribution is 5.67. The highest BCUT2D eigenvalue weighted by Crippen LogP contribution is 2.53. The van der Waals surface area contributed by atoms with E-state index in [1.54, 1.807) is 0 Å². The summed E-state index contributed by atoms with van der Waals surface area (Å²) in [5.41, 5.74) is 5.04. The van der Waals surface area contributed by atoms with E-state index in [4.69, 9.17) is 0 Å². The number of rotatable bonds is 5. The third kappa shape index (κ3) is 2.98. The van der Waals surface area contributed by atoms with Crippen molar-refractivity contribution in [1.82, 2.24) is 4.90 Å². The third-order valence-corrected chi connectivity index (χ3v) is 5.61. The number of benzene rings is 1. The zero-order valence-electron chi connectivity index (χ0n) is 15.4. The molecule has 3 nitrogen and oxygen atoms in total. The molecule has 0 spiro atoms. The van der Waals surface area contributed by atoms with E-state index in [2.05, 4.69) is 56.3 Å². The summed E-state index contributed by atoms with van der Waals surface area (Å²) in [7, 11) is 2.17. The summed E-state index contributed by atoms with van der Waals surface area (Å²) in [6.45, 7) is 7.61. The molecule has 2 heterocycles. The van der Waals surface area contributed by atoms with Gasteiger partial charge in [0.2, 0.25) is 0 Å². The minimum Gasteiger partial charge on any atom is -0.508 e. The van der Waals surface area contributed by atoms with Gasteiger partial charge in [0.25, 0.3) is 0 Å². The Morgan fingerprint density at radius 3 is 2.88 bits per heavy atom. The summed E-state index contributed by atoms with van der Waals surface area (Å²) in [6, 6.07) is 5.85. The second-order valence-electron chi connectivity index (χ2n) is 7.71. The van der Waals surface area contributed by atoms with Gasteiger partial charge in [-0.25, -0.2) is 0 Å². The minimum atomic E-state index is -0.00675. The van der Waals surface area contributed by atoms with Gasteiger partial charge in [-0.15, -0.1) is 0 Å². The lowest BCUT2D eigenvalue weighted by atomic mass is 9.75. The van der Waals surface area contributed by atoms with Gasteiger partial charge in [-0.2, -0.15) is 0 Å². The number of likely N-dealkylation sites (N-methyl/N-ethyl adjacent to an activating group) is 1. The fraction of sp³-hybridized carbons (Fsp3) is 0.524. The Hall–Kier alpha value is -1.74. The van der Waals surface area contributed by atoms with Crippen LogP contribution in [0, 0.1) is 0 Å². The SMILES string of the molecule is CC(C)=CCC/C(C)=C/C[C@@]12CCN(C)[C@@H]1Nc1cccc(O)c12. The van der Waals surface area contributed by atoms with Crippen LogP contribution in [-0.4, -0.2) is 29.8 Å². The molecule has 0 unspecified atom stereocenters. The van der Waals surface area contributed by atoms with Crippen LogP contribution in [0.25, 0.3) is 0 Å². The van der Waals surface area contributed by atoms with E-state index in [1.165, 1.54) is 11.1 Å². The highest BCUT2D eigenvalue weighted by atomic mass is 16.3. The summed E-state index contributed by atoms with van der Waals surface area (Å²) < 4.78 is 0. The molecule has 0 aliphatic carbocycles. The number of likely N-dealkylation sites (tertiary alicyclic amines) is 1. The van der Waals surface area contributed by atoms with Gasteiger partial charge < -0.3 is 10.4 Å². The van der Waals surface area contributed by atoms with Gasteiger partial charge in [0.15, 0.2) is 0 Å². The number of nitrogens with zero attached hydrogens (tertiary/aromatic N) is 1. The maximum absolute atomic E-state index is 10.5.